The Morgan fingerprint density at radius 3 is 2.29 bits per heavy atom. The topological polar surface area (TPSA) is 103 Å². The molecular formula is C25H26N2O6S. The van der Waals surface area contributed by atoms with Crippen LogP contribution in [0.5, 0.6) is 17.2 Å². The van der Waals surface area contributed by atoms with Crippen molar-refractivity contribution in [2.45, 2.75) is 25.3 Å². The summed E-state index contributed by atoms with van der Waals surface area (Å²) in [6.45, 7) is 3.84. The van der Waals surface area contributed by atoms with E-state index in [4.69, 9.17) is 14.2 Å². The fourth-order valence-electron chi connectivity index (χ4n) is 2.83. The van der Waals surface area contributed by atoms with E-state index in [0.717, 1.165) is 11.8 Å². The summed E-state index contributed by atoms with van der Waals surface area (Å²) in [5.41, 5.74) is 4.51. The fourth-order valence-corrected chi connectivity index (χ4v) is 3.46. The van der Waals surface area contributed by atoms with Crippen LogP contribution in [0.2, 0.25) is 0 Å². The highest BCUT2D eigenvalue weighted by Crippen LogP contribution is 2.33. The largest absolute Gasteiger partial charge is 0.487 e. The predicted molar refractivity (Wildman–Crippen MR) is 130 cm³/mol. The zero-order valence-electron chi connectivity index (χ0n) is 19.1. The minimum absolute atomic E-state index is 0.169. The summed E-state index contributed by atoms with van der Waals surface area (Å²) in [5, 5.41) is 4.09. The average molecular weight is 483 g/mol. The summed E-state index contributed by atoms with van der Waals surface area (Å²) in [4.78, 5) is 12.0. The van der Waals surface area contributed by atoms with Crippen LogP contribution in [0.15, 0.2) is 82.8 Å². The first-order valence-electron chi connectivity index (χ1n) is 10.5. The van der Waals surface area contributed by atoms with Gasteiger partial charge in [0.05, 0.1) is 17.2 Å². The lowest BCUT2D eigenvalue weighted by Gasteiger charge is -2.14. The molecule has 0 radical (unpaired) electrons. The third-order valence-electron chi connectivity index (χ3n) is 4.59. The molecule has 0 aliphatic heterocycles. The number of nitrogens with zero attached hydrogens (tertiary/aromatic N) is 1. The van der Waals surface area contributed by atoms with Crippen LogP contribution in [0, 0.1) is 0 Å². The van der Waals surface area contributed by atoms with Gasteiger partial charge in [-0.2, -0.15) is 5.10 Å². The molecule has 178 valence electrons. The van der Waals surface area contributed by atoms with Crippen LogP contribution in [-0.4, -0.2) is 33.0 Å². The van der Waals surface area contributed by atoms with Crippen LogP contribution in [0.25, 0.3) is 0 Å². The number of esters is 1. The van der Waals surface area contributed by atoms with Gasteiger partial charge in [-0.1, -0.05) is 30.3 Å². The van der Waals surface area contributed by atoms with Crippen molar-refractivity contribution in [3.63, 3.8) is 0 Å². The molecule has 0 saturated heterocycles. The number of carbonyl (C=O) groups excluding carboxylic acids is 1. The molecule has 0 aliphatic rings. The SMILES string of the molecule is CCOC(=O)C(C)=NNc1ccc(Oc2ccc(S(C)(=O)=O)cc2)cc1OCc1ccccc1. The molecule has 0 aromatic heterocycles. The van der Waals surface area contributed by atoms with E-state index in [0.29, 0.717) is 29.5 Å². The molecule has 0 aliphatic carbocycles. The van der Waals surface area contributed by atoms with E-state index in [1.54, 1.807) is 44.2 Å². The molecule has 0 amide bonds. The third-order valence-corrected chi connectivity index (χ3v) is 5.72. The van der Waals surface area contributed by atoms with Crippen LogP contribution >= 0.6 is 0 Å². The lowest BCUT2D eigenvalue weighted by molar-refractivity contribution is -0.135. The van der Waals surface area contributed by atoms with Crippen LogP contribution in [0.4, 0.5) is 5.69 Å². The number of hydrogen-bond donors (Lipinski definition) is 1. The molecule has 3 aromatic carbocycles. The lowest BCUT2D eigenvalue weighted by atomic mass is 10.2. The molecule has 3 aromatic rings. The highest BCUT2D eigenvalue weighted by molar-refractivity contribution is 7.90. The second-order valence-corrected chi connectivity index (χ2v) is 9.32. The average Bonchev–Trinajstić information content (AvgIpc) is 2.82. The fraction of sp³-hybridized carbons (Fsp3) is 0.200. The molecule has 9 heteroatoms. The smallest absolute Gasteiger partial charge is 0.354 e. The molecular weight excluding hydrogens is 456 g/mol. The van der Waals surface area contributed by atoms with Gasteiger partial charge < -0.3 is 14.2 Å². The van der Waals surface area contributed by atoms with E-state index in [2.05, 4.69) is 10.5 Å². The van der Waals surface area contributed by atoms with Crippen molar-refractivity contribution in [2.24, 2.45) is 5.10 Å². The molecule has 0 bridgehead atoms. The zero-order chi connectivity index (χ0) is 24.6. The number of nitrogens with one attached hydrogen (secondary N) is 1. The molecule has 8 nitrogen and oxygen atoms in total. The predicted octanol–water partition coefficient (Wildman–Crippen LogP) is 4.81. The summed E-state index contributed by atoms with van der Waals surface area (Å²) >= 11 is 0. The van der Waals surface area contributed by atoms with Crippen molar-refractivity contribution in [2.75, 3.05) is 18.3 Å². The van der Waals surface area contributed by atoms with Crippen LogP contribution in [0.3, 0.4) is 0 Å². The number of rotatable bonds is 10. The van der Waals surface area contributed by atoms with Crippen molar-refractivity contribution in [1.82, 2.24) is 0 Å². The summed E-state index contributed by atoms with van der Waals surface area (Å²) in [7, 11) is -3.29. The van der Waals surface area contributed by atoms with Gasteiger partial charge in [-0.25, -0.2) is 13.2 Å². The molecule has 0 spiro atoms. The summed E-state index contributed by atoms with van der Waals surface area (Å²) in [5.74, 6) is 0.888. The Morgan fingerprint density at radius 1 is 0.971 bits per heavy atom. The number of hydrogen-bond acceptors (Lipinski definition) is 8. The van der Waals surface area contributed by atoms with E-state index < -0.39 is 15.8 Å². The molecule has 0 atom stereocenters. The Morgan fingerprint density at radius 2 is 1.65 bits per heavy atom. The standard InChI is InChI=1S/C25H26N2O6S/c1-4-31-25(28)18(2)26-27-23-15-12-21(16-24(23)32-17-19-8-6-5-7-9-19)33-20-10-13-22(14-11-20)34(3,29)30/h5-16,27H,4,17H2,1-3H3. The maximum atomic E-state index is 11.8. The van der Waals surface area contributed by atoms with Gasteiger partial charge in [0.1, 0.15) is 29.6 Å². The van der Waals surface area contributed by atoms with Crippen LogP contribution < -0.4 is 14.9 Å². The van der Waals surface area contributed by atoms with Gasteiger partial charge in [-0.3, -0.25) is 5.43 Å². The van der Waals surface area contributed by atoms with E-state index in [-0.39, 0.29) is 17.2 Å². The number of hydrazone groups is 1. The quantitative estimate of drug-likeness (QED) is 0.251. The molecule has 0 fully saturated rings. The van der Waals surface area contributed by atoms with E-state index in [9.17, 15) is 13.2 Å². The van der Waals surface area contributed by atoms with Crippen molar-refractivity contribution >= 4 is 27.2 Å². The number of benzene rings is 3. The van der Waals surface area contributed by atoms with Gasteiger partial charge in [0.25, 0.3) is 0 Å². The third kappa shape index (κ3) is 7.08. The maximum absolute atomic E-state index is 11.8. The van der Waals surface area contributed by atoms with Gasteiger partial charge in [0.15, 0.2) is 9.84 Å². The molecule has 0 unspecified atom stereocenters. The molecule has 1 N–H and O–H groups in total. The monoisotopic (exact) mass is 482 g/mol. The maximum Gasteiger partial charge on any atom is 0.354 e. The lowest BCUT2D eigenvalue weighted by Crippen LogP contribution is -2.15. The van der Waals surface area contributed by atoms with E-state index in [1.165, 1.54) is 12.1 Å². The minimum Gasteiger partial charge on any atom is -0.487 e. The first kappa shape index (κ1) is 24.8. The molecule has 34 heavy (non-hydrogen) atoms. The van der Waals surface area contributed by atoms with Crippen molar-refractivity contribution in [3.8, 4) is 17.2 Å². The Hall–Kier alpha value is -3.85. The van der Waals surface area contributed by atoms with Gasteiger partial charge in [0.2, 0.25) is 0 Å². The molecule has 0 saturated carbocycles. The number of ether oxygens (including phenoxy) is 3. The minimum atomic E-state index is -3.29. The van der Waals surface area contributed by atoms with Crippen LogP contribution in [0.1, 0.15) is 19.4 Å². The highest BCUT2D eigenvalue weighted by atomic mass is 32.2. The molecule has 0 heterocycles. The highest BCUT2D eigenvalue weighted by Gasteiger charge is 2.11. The molecule has 3 rings (SSSR count). The second-order valence-electron chi connectivity index (χ2n) is 7.31. The van der Waals surface area contributed by atoms with Gasteiger partial charge in [-0.05, 0) is 55.8 Å². The van der Waals surface area contributed by atoms with Gasteiger partial charge in [-0.15, -0.1) is 0 Å². The van der Waals surface area contributed by atoms with Gasteiger partial charge in [0, 0.05) is 12.3 Å². The Kier molecular flexibility index (Phi) is 8.26. The van der Waals surface area contributed by atoms with Gasteiger partial charge >= 0.3 is 5.97 Å². The Balaban J connectivity index is 1.82. The summed E-state index contributed by atoms with van der Waals surface area (Å²) in [6, 6.07) is 20.9. The number of sulfone groups is 1. The Labute approximate surface area is 199 Å². The van der Waals surface area contributed by atoms with Crippen molar-refractivity contribution in [1.29, 1.82) is 0 Å². The zero-order valence-corrected chi connectivity index (χ0v) is 20.0. The second kappa shape index (κ2) is 11.3. The van der Waals surface area contributed by atoms with E-state index >= 15 is 0 Å². The van der Waals surface area contributed by atoms with E-state index in [1.807, 2.05) is 30.3 Å². The first-order valence-corrected chi connectivity index (χ1v) is 12.4. The van der Waals surface area contributed by atoms with Crippen LogP contribution in [-0.2, 0) is 26.0 Å². The van der Waals surface area contributed by atoms with Crippen molar-refractivity contribution in [3.05, 3.63) is 78.4 Å². The first-order chi connectivity index (χ1) is 16.3. The van der Waals surface area contributed by atoms with Crippen molar-refractivity contribution < 1.29 is 27.4 Å². The summed E-state index contributed by atoms with van der Waals surface area (Å²) in [6.07, 6.45) is 1.15. The summed E-state index contributed by atoms with van der Waals surface area (Å²) < 4.78 is 40.1. The number of carbonyl (C=O) groups is 1. The Bertz CT molecular complexity index is 1260. The number of anilines is 1. The normalized spacial score (nSPS) is 11.6.